The van der Waals surface area contributed by atoms with Gasteiger partial charge in [-0.15, -0.1) is 0 Å². The Balaban J connectivity index is 2.17. The van der Waals surface area contributed by atoms with Crippen molar-refractivity contribution in [3.8, 4) is 22.4 Å². The maximum absolute atomic E-state index is 13.4. The molecule has 0 amide bonds. The Hall–Kier alpha value is -2.75. The van der Waals surface area contributed by atoms with E-state index >= 15 is 0 Å². The first-order valence-corrected chi connectivity index (χ1v) is 9.91. The number of rotatable bonds is 4. The van der Waals surface area contributed by atoms with Gasteiger partial charge in [0.05, 0.1) is 18.2 Å². The van der Waals surface area contributed by atoms with E-state index in [-0.39, 0.29) is 22.6 Å². The normalized spacial score (nSPS) is 12.2. The number of nitrogens with zero attached hydrogens (tertiary/aromatic N) is 2. The third kappa shape index (κ3) is 5.00. The van der Waals surface area contributed by atoms with Gasteiger partial charge in [-0.05, 0) is 67.6 Å². The Morgan fingerprint density at radius 2 is 1.55 bits per heavy atom. The maximum atomic E-state index is 13.4. The van der Waals surface area contributed by atoms with Crippen molar-refractivity contribution in [1.29, 1.82) is 0 Å². The third-order valence-corrected chi connectivity index (χ3v) is 4.78. The molecule has 0 saturated carbocycles. The van der Waals surface area contributed by atoms with Gasteiger partial charge < -0.3 is 4.57 Å². The van der Waals surface area contributed by atoms with E-state index in [0.29, 0.717) is 12.0 Å². The van der Waals surface area contributed by atoms with Crippen LogP contribution in [0.15, 0.2) is 55.0 Å². The van der Waals surface area contributed by atoms with Crippen LogP contribution in [0.1, 0.15) is 58.3 Å². The van der Waals surface area contributed by atoms with Gasteiger partial charge in [0.25, 0.3) is 0 Å². The molecule has 0 radical (unpaired) electrons. The second-order valence-electron chi connectivity index (χ2n) is 9.79. The minimum atomic E-state index is -0.278. The van der Waals surface area contributed by atoms with E-state index < -0.39 is 0 Å². The zero-order valence-electron chi connectivity index (χ0n) is 18.1. The van der Waals surface area contributed by atoms with Crippen LogP contribution in [0, 0.1) is 11.2 Å². The number of Topliss-reactive ketones (excluding diaryl/α,β-unsaturated/α-hetero) is 1. The van der Waals surface area contributed by atoms with E-state index in [1.807, 2.05) is 30.7 Å². The molecule has 3 rings (SSSR count). The van der Waals surface area contributed by atoms with Crippen LogP contribution in [0.25, 0.3) is 22.4 Å². The van der Waals surface area contributed by atoms with Gasteiger partial charge in [-0.25, -0.2) is 9.37 Å². The average Bonchev–Trinajstić information content (AvgIpc) is 3.11. The van der Waals surface area contributed by atoms with E-state index in [0.717, 1.165) is 22.4 Å². The highest BCUT2D eigenvalue weighted by molar-refractivity contribution is 5.99. The summed E-state index contributed by atoms with van der Waals surface area (Å²) in [5, 5.41) is 0. The summed E-state index contributed by atoms with van der Waals surface area (Å²) in [7, 11) is 0. The average molecular weight is 393 g/mol. The van der Waals surface area contributed by atoms with Crippen molar-refractivity contribution >= 4 is 5.78 Å². The van der Waals surface area contributed by atoms with Crippen molar-refractivity contribution in [3.63, 3.8) is 0 Å². The first kappa shape index (κ1) is 21.0. The van der Waals surface area contributed by atoms with Crippen molar-refractivity contribution in [3.05, 3.63) is 66.4 Å². The van der Waals surface area contributed by atoms with Crippen molar-refractivity contribution in [2.45, 2.75) is 53.5 Å². The maximum Gasteiger partial charge on any atom is 0.163 e. The fourth-order valence-electron chi connectivity index (χ4n) is 3.37. The Morgan fingerprint density at radius 3 is 2.14 bits per heavy atom. The lowest BCUT2D eigenvalue weighted by Gasteiger charge is -2.24. The molecule has 0 fully saturated rings. The van der Waals surface area contributed by atoms with E-state index in [1.54, 1.807) is 12.1 Å². The Bertz CT molecular complexity index is 1020. The number of hydrogen-bond donors (Lipinski definition) is 0. The van der Waals surface area contributed by atoms with Gasteiger partial charge in [-0.2, -0.15) is 0 Å². The number of benzene rings is 2. The standard InChI is InChI=1S/C25H29FN2O/c1-24(2,3)14-23(29)20-12-18(17-7-9-21(26)10-8-17)11-19(13-20)22-15-27-16-28(22)25(4,5)6/h7-13,15-16H,14H2,1-6H3. The van der Waals surface area contributed by atoms with Gasteiger partial charge in [-0.3, -0.25) is 4.79 Å². The fourth-order valence-corrected chi connectivity index (χ4v) is 3.37. The molecule has 0 atom stereocenters. The Labute approximate surface area is 172 Å². The lowest BCUT2D eigenvalue weighted by molar-refractivity contribution is 0.0940. The first-order valence-electron chi connectivity index (χ1n) is 9.91. The lowest BCUT2D eigenvalue weighted by atomic mass is 9.86. The van der Waals surface area contributed by atoms with Crippen LogP contribution in [0.4, 0.5) is 4.39 Å². The molecule has 0 aliphatic carbocycles. The Kier molecular flexibility index (Phi) is 5.48. The van der Waals surface area contributed by atoms with Crippen LogP contribution in [-0.2, 0) is 5.54 Å². The molecule has 0 N–H and O–H groups in total. The highest BCUT2D eigenvalue weighted by Gasteiger charge is 2.21. The number of imidazole rings is 1. The number of carbonyl (C=O) groups excluding carboxylic acids is 1. The molecule has 2 aromatic carbocycles. The molecule has 4 heteroatoms. The van der Waals surface area contributed by atoms with Gasteiger partial charge in [-0.1, -0.05) is 32.9 Å². The van der Waals surface area contributed by atoms with E-state index in [9.17, 15) is 9.18 Å². The first-order chi connectivity index (χ1) is 13.4. The summed E-state index contributed by atoms with van der Waals surface area (Å²) in [4.78, 5) is 17.4. The SMILES string of the molecule is CC(C)(C)CC(=O)c1cc(-c2ccc(F)cc2)cc(-c2cncn2C(C)(C)C)c1. The molecule has 0 spiro atoms. The van der Waals surface area contributed by atoms with Gasteiger partial charge in [0.15, 0.2) is 5.78 Å². The zero-order chi connectivity index (χ0) is 21.4. The quantitative estimate of drug-likeness (QED) is 0.461. The highest BCUT2D eigenvalue weighted by Crippen LogP contribution is 2.32. The van der Waals surface area contributed by atoms with E-state index in [2.05, 4.69) is 51.1 Å². The number of ketones is 1. The zero-order valence-corrected chi connectivity index (χ0v) is 18.1. The summed E-state index contributed by atoms with van der Waals surface area (Å²) < 4.78 is 15.5. The second kappa shape index (κ2) is 7.58. The minimum absolute atomic E-state index is 0.101. The lowest BCUT2D eigenvalue weighted by Crippen LogP contribution is -2.21. The smallest absolute Gasteiger partial charge is 0.163 e. The molecule has 0 bridgehead atoms. The molecule has 29 heavy (non-hydrogen) atoms. The van der Waals surface area contributed by atoms with Crippen LogP contribution < -0.4 is 0 Å². The summed E-state index contributed by atoms with van der Waals surface area (Å²) in [6.45, 7) is 12.5. The van der Waals surface area contributed by atoms with Crippen LogP contribution in [0.2, 0.25) is 0 Å². The van der Waals surface area contributed by atoms with Gasteiger partial charge >= 0.3 is 0 Å². The van der Waals surface area contributed by atoms with Crippen LogP contribution in [0.3, 0.4) is 0 Å². The van der Waals surface area contributed by atoms with Gasteiger partial charge in [0.1, 0.15) is 5.82 Å². The molecule has 3 nitrogen and oxygen atoms in total. The van der Waals surface area contributed by atoms with Crippen molar-refractivity contribution in [1.82, 2.24) is 9.55 Å². The van der Waals surface area contributed by atoms with E-state index in [4.69, 9.17) is 0 Å². The molecule has 0 unspecified atom stereocenters. The molecular weight excluding hydrogens is 363 g/mol. The Morgan fingerprint density at radius 1 is 0.931 bits per heavy atom. The number of halogens is 1. The second-order valence-corrected chi connectivity index (χ2v) is 9.79. The largest absolute Gasteiger partial charge is 0.325 e. The predicted molar refractivity (Wildman–Crippen MR) is 116 cm³/mol. The molecule has 0 saturated heterocycles. The van der Waals surface area contributed by atoms with Crippen molar-refractivity contribution < 1.29 is 9.18 Å². The summed E-state index contributed by atoms with van der Waals surface area (Å²) in [6.07, 6.45) is 4.10. The molecule has 1 heterocycles. The van der Waals surface area contributed by atoms with E-state index in [1.165, 1.54) is 12.1 Å². The third-order valence-electron chi connectivity index (χ3n) is 4.78. The number of aromatic nitrogens is 2. The van der Waals surface area contributed by atoms with Gasteiger partial charge in [0.2, 0.25) is 0 Å². The minimum Gasteiger partial charge on any atom is -0.325 e. The van der Waals surface area contributed by atoms with Crippen molar-refractivity contribution in [2.75, 3.05) is 0 Å². The number of hydrogen-bond acceptors (Lipinski definition) is 2. The highest BCUT2D eigenvalue weighted by atomic mass is 19.1. The molecular formula is C25H29FN2O. The van der Waals surface area contributed by atoms with Gasteiger partial charge in [0, 0.05) is 23.1 Å². The summed E-state index contributed by atoms with van der Waals surface area (Å²) in [5.41, 5.74) is 4.06. The molecule has 3 aromatic rings. The topological polar surface area (TPSA) is 34.9 Å². The molecule has 0 aliphatic rings. The number of carbonyl (C=O) groups is 1. The summed E-state index contributed by atoms with van der Waals surface area (Å²) in [6, 6.07) is 12.3. The fraction of sp³-hybridized carbons (Fsp3) is 0.360. The summed E-state index contributed by atoms with van der Waals surface area (Å²) in [5.74, 6) is -0.177. The molecule has 0 aliphatic heterocycles. The predicted octanol–water partition coefficient (Wildman–Crippen LogP) is 6.73. The summed E-state index contributed by atoms with van der Waals surface area (Å²) >= 11 is 0. The van der Waals surface area contributed by atoms with Crippen LogP contribution in [0.5, 0.6) is 0 Å². The molecule has 152 valence electrons. The van der Waals surface area contributed by atoms with Crippen molar-refractivity contribution in [2.24, 2.45) is 5.41 Å². The van der Waals surface area contributed by atoms with Crippen LogP contribution >= 0.6 is 0 Å². The molecule has 1 aromatic heterocycles. The van der Waals surface area contributed by atoms with Crippen LogP contribution in [-0.4, -0.2) is 15.3 Å². The monoisotopic (exact) mass is 392 g/mol.